The Hall–Kier alpha value is -2.07. The largest absolute Gasteiger partial charge is 0.369 e. The molecule has 3 nitrogen and oxygen atoms in total. The number of nitrogens with one attached hydrogen (secondary N) is 1. The van der Waals surface area contributed by atoms with Crippen molar-refractivity contribution in [3.8, 4) is 16.9 Å². The fraction of sp³-hybridized carbons (Fsp3) is 0.167. The second kappa shape index (κ2) is 5.29. The maximum absolute atomic E-state index is 4.90. The summed E-state index contributed by atoms with van der Waals surface area (Å²) in [6, 6.07) is 16.7. The summed E-state index contributed by atoms with van der Waals surface area (Å²) in [5, 5.41) is 8.38. The Balaban J connectivity index is 1.93. The van der Waals surface area contributed by atoms with Gasteiger partial charge in [-0.15, -0.1) is 0 Å². The predicted octanol–water partition coefficient (Wildman–Crippen LogP) is 4.58. The first-order valence-corrected chi connectivity index (χ1v) is 8.21. The molecule has 1 N–H and O–H groups in total. The van der Waals surface area contributed by atoms with E-state index in [0.29, 0.717) is 0 Å². The van der Waals surface area contributed by atoms with Gasteiger partial charge in [-0.25, -0.2) is 4.68 Å². The fourth-order valence-electron chi connectivity index (χ4n) is 3.00. The van der Waals surface area contributed by atoms with E-state index in [2.05, 4.69) is 58.5 Å². The number of hydrogen-bond donors (Lipinski definition) is 1. The summed E-state index contributed by atoms with van der Waals surface area (Å²) in [5.41, 5.74) is 5.89. The minimum atomic E-state index is 0.969. The van der Waals surface area contributed by atoms with Crippen LogP contribution in [-0.4, -0.2) is 16.3 Å². The summed E-state index contributed by atoms with van der Waals surface area (Å²) < 4.78 is 3.06. The Kier molecular flexibility index (Phi) is 3.26. The van der Waals surface area contributed by atoms with Gasteiger partial charge in [-0.2, -0.15) is 5.10 Å². The van der Waals surface area contributed by atoms with Crippen molar-refractivity contribution in [2.75, 3.05) is 11.9 Å². The van der Waals surface area contributed by atoms with Gasteiger partial charge in [0, 0.05) is 22.1 Å². The molecule has 0 spiro atoms. The molecule has 1 aromatic heterocycles. The summed E-state index contributed by atoms with van der Waals surface area (Å²) >= 11 is 3.63. The predicted molar refractivity (Wildman–Crippen MR) is 93.6 cm³/mol. The molecule has 22 heavy (non-hydrogen) atoms. The van der Waals surface area contributed by atoms with Crippen LogP contribution in [0.4, 0.5) is 5.82 Å². The van der Waals surface area contributed by atoms with Crippen LogP contribution in [0.25, 0.3) is 16.9 Å². The van der Waals surface area contributed by atoms with Crippen LogP contribution in [0.5, 0.6) is 0 Å². The topological polar surface area (TPSA) is 29.9 Å². The molecule has 4 heteroatoms. The van der Waals surface area contributed by atoms with Gasteiger partial charge < -0.3 is 5.32 Å². The van der Waals surface area contributed by atoms with Crippen LogP contribution < -0.4 is 5.32 Å². The van der Waals surface area contributed by atoms with Crippen molar-refractivity contribution in [2.45, 2.75) is 13.3 Å². The van der Waals surface area contributed by atoms with Gasteiger partial charge in [0.2, 0.25) is 0 Å². The van der Waals surface area contributed by atoms with E-state index in [1.165, 1.54) is 16.7 Å². The fourth-order valence-corrected chi connectivity index (χ4v) is 3.45. The van der Waals surface area contributed by atoms with E-state index in [0.717, 1.165) is 34.6 Å². The van der Waals surface area contributed by atoms with Crippen LogP contribution in [0.3, 0.4) is 0 Å². The first kappa shape index (κ1) is 13.6. The maximum atomic E-state index is 4.90. The molecule has 4 rings (SSSR count). The Labute approximate surface area is 138 Å². The number of anilines is 1. The highest BCUT2D eigenvalue weighted by Crippen LogP contribution is 2.36. The van der Waals surface area contributed by atoms with Gasteiger partial charge >= 0.3 is 0 Å². The summed E-state index contributed by atoms with van der Waals surface area (Å²) in [6.45, 7) is 3.09. The zero-order chi connectivity index (χ0) is 15.1. The van der Waals surface area contributed by atoms with Gasteiger partial charge in [0.25, 0.3) is 0 Å². The highest BCUT2D eigenvalue weighted by molar-refractivity contribution is 9.10. The van der Waals surface area contributed by atoms with E-state index in [1.807, 2.05) is 22.9 Å². The van der Waals surface area contributed by atoms with Gasteiger partial charge in [-0.1, -0.05) is 35.9 Å². The van der Waals surface area contributed by atoms with Crippen LogP contribution in [0.2, 0.25) is 0 Å². The summed E-state index contributed by atoms with van der Waals surface area (Å²) in [5.74, 6) is 1.11. The van der Waals surface area contributed by atoms with Gasteiger partial charge in [0.15, 0.2) is 0 Å². The average Bonchev–Trinajstić information content (AvgIpc) is 3.10. The number of nitrogens with zero attached hydrogens (tertiary/aromatic N) is 2. The molecule has 0 bridgehead atoms. The molecule has 0 saturated heterocycles. The molecule has 110 valence electrons. The number of aryl methyl sites for hydroxylation is 1. The van der Waals surface area contributed by atoms with E-state index in [1.54, 1.807) is 0 Å². The lowest BCUT2D eigenvalue weighted by atomic mass is 10.0. The zero-order valence-electron chi connectivity index (χ0n) is 12.3. The summed E-state index contributed by atoms with van der Waals surface area (Å²) in [4.78, 5) is 0. The first-order chi connectivity index (χ1) is 10.7. The van der Waals surface area contributed by atoms with Crippen LogP contribution in [0, 0.1) is 6.92 Å². The van der Waals surface area contributed by atoms with E-state index >= 15 is 0 Å². The van der Waals surface area contributed by atoms with Crippen molar-refractivity contribution in [3.05, 3.63) is 64.1 Å². The number of halogens is 1. The lowest BCUT2D eigenvalue weighted by molar-refractivity contribution is 0.878. The molecule has 2 aromatic carbocycles. The normalized spacial score (nSPS) is 13.0. The smallest absolute Gasteiger partial charge is 0.133 e. The van der Waals surface area contributed by atoms with Crippen molar-refractivity contribution < 1.29 is 0 Å². The number of aromatic nitrogens is 2. The molecule has 1 aliphatic rings. The third-order valence-electron chi connectivity index (χ3n) is 4.02. The zero-order valence-corrected chi connectivity index (χ0v) is 13.9. The Bertz CT molecular complexity index is 851. The number of benzene rings is 2. The van der Waals surface area contributed by atoms with Crippen LogP contribution in [0.1, 0.15) is 11.1 Å². The van der Waals surface area contributed by atoms with Crippen molar-refractivity contribution >= 4 is 21.7 Å². The highest BCUT2D eigenvalue weighted by atomic mass is 79.9. The molecule has 0 fully saturated rings. The van der Waals surface area contributed by atoms with E-state index in [-0.39, 0.29) is 0 Å². The van der Waals surface area contributed by atoms with Gasteiger partial charge in [-0.3, -0.25) is 0 Å². The van der Waals surface area contributed by atoms with E-state index in [9.17, 15) is 0 Å². The monoisotopic (exact) mass is 353 g/mol. The molecule has 0 atom stereocenters. The van der Waals surface area contributed by atoms with Crippen LogP contribution >= 0.6 is 15.9 Å². The third kappa shape index (κ3) is 2.15. The summed E-state index contributed by atoms with van der Waals surface area (Å²) in [7, 11) is 0. The van der Waals surface area contributed by atoms with Gasteiger partial charge in [-0.05, 0) is 47.5 Å². The van der Waals surface area contributed by atoms with Crippen molar-refractivity contribution in [1.82, 2.24) is 9.78 Å². The molecule has 2 heterocycles. The highest BCUT2D eigenvalue weighted by Gasteiger charge is 2.24. The van der Waals surface area contributed by atoms with Crippen LogP contribution in [-0.2, 0) is 6.42 Å². The minimum Gasteiger partial charge on any atom is -0.369 e. The molecular weight excluding hydrogens is 338 g/mol. The van der Waals surface area contributed by atoms with Crippen molar-refractivity contribution in [3.63, 3.8) is 0 Å². The molecule has 0 unspecified atom stereocenters. The third-order valence-corrected chi connectivity index (χ3v) is 4.69. The number of fused-ring (bicyclic) bond motifs is 1. The van der Waals surface area contributed by atoms with Crippen molar-refractivity contribution in [1.29, 1.82) is 0 Å². The molecular formula is C18H16BrN3. The second-order valence-corrected chi connectivity index (χ2v) is 6.44. The van der Waals surface area contributed by atoms with E-state index in [4.69, 9.17) is 5.10 Å². The van der Waals surface area contributed by atoms with Crippen LogP contribution in [0.15, 0.2) is 53.0 Å². The second-order valence-electron chi connectivity index (χ2n) is 5.59. The molecule has 1 aliphatic heterocycles. The Morgan fingerprint density at radius 1 is 1.14 bits per heavy atom. The molecule has 0 saturated carbocycles. The first-order valence-electron chi connectivity index (χ1n) is 7.42. The van der Waals surface area contributed by atoms with Gasteiger partial charge in [0.05, 0.1) is 11.4 Å². The molecule has 0 aliphatic carbocycles. The van der Waals surface area contributed by atoms with Crippen molar-refractivity contribution in [2.24, 2.45) is 0 Å². The number of hydrogen-bond acceptors (Lipinski definition) is 2. The molecule has 0 amide bonds. The van der Waals surface area contributed by atoms with E-state index < -0.39 is 0 Å². The summed E-state index contributed by atoms with van der Waals surface area (Å²) in [6.07, 6.45) is 1.02. The number of rotatable bonds is 2. The Morgan fingerprint density at radius 2 is 2.00 bits per heavy atom. The Morgan fingerprint density at radius 3 is 2.82 bits per heavy atom. The minimum absolute atomic E-state index is 0.969. The molecule has 0 radical (unpaired) electrons. The molecule has 3 aromatic rings. The maximum Gasteiger partial charge on any atom is 0.133 e. The lowest BCUT2D eigenvalue weighted by Crippen LogP contribution is -2.04. The van der Waals surface area contributed by atoms with Gasteiger partial charge in [0.1, 0.15) is 5.82 Å². The quantitative estimate of drug-likeness (QED) is 0.730. The number of para-hydroxylation sites is 1. The standard InChI is InChI=1S/C18H16BrN3/c1-12-5-4-6-13(11-12)17-14-9-10-20-18(14)22(21-17)16-8-3-2-7-15(16)19/h2-8,11,20H,9-10H2,1H3. The SMILES string of the molecule is Cc1cccc(-c2nn(-c3ccccc3Br)c3c2CCN3)c1. The average molecular weight is 354 g/mol. The lowest BCUT2D eigenvalue weighted by Gasteiger charge is -2.08.